The number of rotatable bonds is 4. The summed E-state index contributed by atoms with van der Waals surface area (Å²) >= 11 is 5.50. The molecule has 0 bridgehead atoms. The van der Waals surface area contributed by atoms with Crippen molar-refractivity contribution < 1.29 is 9.90 Å². The van der Waals surface area contributed by atoms with Crippen molar-refractivity contribution in [1.82, 2.24) is 9.80 Å². The molecule has 82 valence electrons. The average molecular weight is 221 g/mol. The molecule has 14 heavy (non-hydrogen) atoms. The molecule has 1 rings (SSSR count). The van der Waals surface area contributed by atoms with Crippen LogP contribution in [0.3, 0.4) is 0 Å². The van der Waals surface area contributed by atoms with E-state index in [4.69, 9.17) is 16.7 Å². The number of alkyl halides is 1. The van der Waals surface area contributed by atoms with Gasteiger partial charge in [-0.15, -0.1) is 11.6 Å². The van der Waals surface area contributed by atoms with Crippen LogP contribution < -0.4 is 0 Å². The number of hydrogen-bond acceptors (Lipinski definition) is 3. The molecule has 1 heterocycles. The maximum atomic E-state index is 11.4. The Kier molecular flexibility index (Phi) is 5.22. The van der Waals surface area contributed by atoms with Crippen molar-refractivity contribution in [3.8, 4) is 0 Å². The summed E-state index contributed by atoms with van der Waals surface area (Å²) in [5, 5.41) is 8.74. The molecular weight excluding hydrogens is 204 g/mol. The fourth-order valence-electron chi connectivity index (χ4n) is 1.60. The van der Waals surface area contributed by atoms with E-state index in [2.05, 4.69) is 4.90 Å². The predicted octanol–water partition coefficient (Wildman–Crippen LogP) is -0.248. The van der Waals surface area contributed by atoms with Crippen LogP contribution in [0.5, 0.6) is 0 Å². The van der Waals surface area contributed by atoms with Gasteiger partial charge in [-0.3, -0.25) is 9.69 Å². The molecule has 0 aliphatic carbocycles. The lowest BCUT2D eigenvalue weighted by Gasteiger charge is -2.34. The van der Waals surface area contributed by atoms with Gasteiger partial charge in [-0.2, -0.15) is 0 Å². The molecule has 0 atom stereocenters. The Bertz CT molecular complexity index is 182. The lowest BCUT2D eigenvalue weighted by atomic mass is 10.3. The molecule has 1 saturated heterocycles. The van der Waals surface area contributed by atoms with Gasteiger partial charge in [0.05, 0.1) is 6.61 Å². The van der Waals surface area contributed by atoms with Crippen LogP contribution in [-0.4, -0.2) is 66.0 Å². The summed E-state index contributed by atoms with van der Waals surface area (Å²) in [5.41, 5.74) is 0. The first-order valence-corrected chi connectivity index (χ1v) is 5.48. The smallest absolute Gasteiger partial charge is 0.223 e. The number of piperazine rings is 1. The Hall–Kier alpha value is -0.320. The minimum atomic E-state index is 0.142. The molecule has 5 heteroatoms. The number of halogens is 1. The molecule has 4 nitrogen and oxygen atoms in total. The Labute approximate surface area is 89.4 Å². The molecule has 0 aromatic carbocycles. The lowest BCUT2D eigenvalue weighted by Crippen LogP contribution is -2.49. The van der Waals surface area contributed by atoms with Crippen LogP contribution in [0.25, 0.3) is 0 Å². The number of β-amino-alcohol motifs (C(OH)–C–C–N with tert-alkyl or cyclic N) is 1. The second-order valence-electron chi connectivity index (χ2n) is 3.39. The maximum absolute atomic E-state index is 11.4. The van der Waals surface area contributed by atoms with E-state index in [1.54, 1.807) is 0 Å². The Morgan fingerprint density at radius 1 is 1.29 bits per heavy atom. The van der Waals surface area contributed by atoms with E-state index in [9.17, 15) is 4.79 Å². The van der Waals surface area contributed by atoms with E-state index < -0.39 is 0 Å². The first-order chi connectivity index (χ1) is 6.77. The number of amides is 1. The molecular formula is C9H17ClN2O2. The van der Waals surface area contributed by atoms with Crippen LogP contribution in [0.2, 0.25) is 0 Å². The molecule has 0 aromatic heterocycles. The van der Waals surface area contributed by atoms with Crippen LogP contribution in [0.1, 0.15) is 6.42 Å². The zero-order chi connectivity index (χ0) is 10.4. The standard InChI is InChI=1S/C9H17ClN2O2/c10-2-1-9(14)12-5-3-11(4-6-12)7-8-13/h13H,1-8H2. The summed E-state index contributed by atoms with van der Waals surface area (Å²) in [6.45, 7) is 4.13. The lowest BCUT2D eigenvalue weighted by molar-refractivity contribution is -0.132. The number of hydrogen-bond donors (Lipinski definition) is 1. The van der Waals surface area contributed by atoms with Gasteiger partial charge in [0.25, 0.3) is 0 Å². The summed E-state index contributed by atoms with van der Waals surface area (Å²) in [6, 6.07) is 0. The third-order valence-electron chi connectivity index (χ3n) is 2.45. The number of nitrogens with zero attached hydrogens (tertiary/aromatic N) is 2. The molecule has 1 aliphatic heterocycles. The SMILES string of the molecule is O=C(CCCl)N1CCN(CCO)CC1. The Morgan fingerprint density at radius 3 is 2.43 bits per heavy atom. The number of aliphatic hydroxyl groups is 1. The second-order valence-corrected chi connectivity index (χ2v) is 3.76. The summed E-state index contributed by atoms with van der Waals surface area (Å²) in [7, 11) is 0. The molecule has 1 N–H and O–H groups in total. The summed E-state index contributed by atoms with van der Waals surface area (Å²) in [6.07, 6.45) is 0.432. The van der Waals surface area contributed by atoms with Gasteiger partial charge < -0.3 is 10.0 Å². The molecule has 0 unspecified atom stereocenters. The molecule has 0 radical (unpaired) electrons. The zero-order valence-electron chi connectivity index (χ0n) is 8.28. The first-order valence-electron chi connectivity index (χ1n) is 4.95. The molecule has 1 amide bonds. The van der Waals surface area contributed by atoms with Crippen molar-refractivity contribution >= 4 is 17.5 Å². The summed E-state index contributed by atoms with van der Waals surface area (Å²) in [5.74, 6) is 0.541. The molecule has 1 aliphatic rings. The van der Waals surface area contributed by atoms with E-state index in [0.717, 1.165) is 26.2 Å². The predicted molar refractivity (Wildman–Crippen MR) is 55.4 cm³/mol. The normalized spacial score (nSPS) is 18.6. The second kappa shape index (κ2) is 6.22. The number of aliphatic hydroxyl groups excluding tert-OH is 1. The fourth-order valence-corrected chi connectivity index (χ4v) is 1.76. The van der Waals surface area contributed by atoms with Crippen LogP contribution in [0.15, 0.2) is 0 Å². The van der Waals surface area contributed by atoms with Gasteiger partial charge in [-0.25, -0.2) is 0 Å². The summed E-state index contributed by atoms with van der Waals surface area (Å²) < 4.78 is 0. The van der Waals surface area contributed by atoms with Crippen LogP contribution in [0, 0.1) is 0 Å². The van der Waals surface area contributed by atoms with E-state index >= 15 is 0 Å². The number of carbonyl (C=O) groups excluding carboxylic acids is 1. The van der Waals surface area contributed by atoms with Crippen molar-refractivity contribution in [3.63, 3.8) is 0 Å². The van der Waals surface area contributed by atoms with Crippen molar-refractivity contribution in [1.29, 1.82) is 0 Å². The molecule has 0 saturated carbocycles. The van der Waals surface area contributed by atoms with E-state index in [1.807, 2.05) is 4.90 Å². The molecule has 0 aromatic rings. The van der Waals surface area contributed by atoms with Crippen LogP contribution in [0.4, 0.5) is 0 Å². The van der Waals surface area contributed by atoms with Crippen molar-refractivity contribution in [2.75, 3.05) is 45.2 Å². The maximum Gasteiger partial charge on any atom is 0.223 e. The van der Waals surface area contributed by atoms with Gasteiger partial charge in [0.1, 0.15) is 0 Å². The zero-order valence-corrected chi connectivity index (χ0v) is 9.04. The van der Waals surface area contributed by atoms with Crippen molar-refractivity contribution in [3.05, 3.63) is 0 Å². The van der Waals surface area contributed by atoms with Gasteiger partial charge in [0.2, 0.25) is 5.91 Å². The topological polar surface area (TPSA) is 43.8 Å². The third kappa shape index (κ3) is 3.44. The number of carbonyl (C=O) groups is 1. The molecule has 1 fully saturated rings. The van der Waals surface area contributed by atoms with Gasteiger partial charge in [0, 0.05) is 45.0 Å². The molecule has 0 spiro atoms. The minimum Gasteiger partial charge on any atom is -0.395 e. The first kappa shape index (κ1) is 11.8. The fraction of sp³-hybridized carbons (Fsp3) is 0.889. The monoisotopic (exact) mass is 220 g/mol. The van der Waals surface area contributed by atoms with E-state index in [0.29, 0.717) is 18.8 Å². The highest BCUT2D eigenvalue weighted by atomic mass is 35.5. The highest BCUT2D eigenvalue weighted by molar-refractivity contribution is 6.18. The van der Waals surface area contributed by atoms with Crippen LogP contribution >= 0.6 is 11.6 Å². The van der Waals surface area contributed by atoms with Crippen molar-refractivity contribution in [2.24, 2.45) is 0 Å². The average Bonchev–Trinajstić information content (AvgIpc) is 2.20. The van der Waals surface area contributed by atoms with E-state index in [1.165, 1.54) is 0 Å². The Morgan fingerprint density at radius 2 is 1.93 bits per heavy atom. The largest absolute Gasteiger partial charge is 0.395 e. The van der Waals surface area contributed by atoms with Crippen molar-refractivity contribution in [2.45, 2.75) is 6.42 Å². The quantitative estimate of drug-likeness (QED) is 0.665. The minimum absolute atomic E-state index is 0.142. The van der Waals surface area contributed by atoms with E-state index in [-0.39, 0.29) is 12.5 Å². The van der Waals surface area contributed by atoms with Gasteiger partial charge in [0.15, 0.2) is 0 Å². The summed E-state index contributed by atoms with van der Waals surface area (Å²) in [4.78, 5) is 15.4. The van der Waals surface area contributed by atoms with Crippen LogP contribution in [-0.2, 0) is 4.79 Å². The third-order valence-corrected chi connectivity index (χ3v) is 2.64. The Balaban J connectivity index is 2.24. The highest BCUT2D eigenvalue weighted by Gasteiger charge is 2.19. The van der Waals surface area contributed by atoms with Gasteiger partial charge in [-0.1, -0.05) is 0 Å². The van der Waals surface area contributed by atoms with Gasteiger partial charge >= 0.3 is 0 Å². The highest BCUT2D eigenvalue weighted by Crippen LogP contribution is 2.03. The van der Waals surface area contributed by atoms with Gasteiger partial charge in [-0.05, 0) is 0 Å².